The molecule has 19 heavy (non-hydrogen) atoms. The van der Waals surface area contributed by atoms with Crippen LogP contribution in [-0.4, -0.2) is 15.6 Å². The minimum Gasteiger partial charge on any atom is -0.287 e. The Kier molecular flexibility index (Phi) is 3.04. The van der Waals surface area contributed by atoms with Crippen molar-refractivity contribution in [3.8, 4) is 10.6 Å². The highest BCUT2D eigenvalue weighted by Gasteiger charge is 2.15. The number of hydrogen-bond acceptors (Lipinski definition) is 4. The van der Waals surface area contributed by atoms with E-state index in [9.17, 15) is 9.18 Å². The normalized spacial score (nSPS) is 10.8. The van der Waals surface area contributed by atoms with Gasteiger partial charge in [-0.25, -0.2) is 4.68 Å². The van der Waals surface area contributed by atoms with Gasteiger partial charge in [0.15, 0.2) is 0 Å². The molecule has 0 amide bonds. The number of hydrogen-bond donors (Lipinski definition) is 0. The first-order valence-corrected chi connectivity index (χ1v) is 7.23. The molecule has 0 saturated carbocycles. The van der Waals surface area contributed by atoms with Crippen LogP contribution in [0.5, 0.6) is 0 Å². The highest BCUT2D eigenvalue weighted by molar-refractivity contribution is 7.19. The molecule has 3 nitrogen and oxygen atoms in total. The number of ketones is 1. The second-order valence-electron chi connectivity index (χ2n) is 3.95. The van der Waals surface area contributed by atoms with E-state index < -0.39 is 5.95 Å². The molecule has 3 heterocycles. The summed E-state index contributed by atoms with van der Waals surface area (Å²) in [6.45, 7) is 0. The van der Waals surface area contributed by atoms with Gasteiger partial charge in [0.05, 0.1) is 14.6 Å². The van der Waals surface area contributed by atoms with Gasteiger partial charge in [0.25, 0.3) is 0 Å². The van der Waals surface area contributed by atoms with Crippen molar-refractivity contribution in [1.82, 2.24) is 9.78 Å². The molecule has 0 N–H and O–H groups in total. The summed E-state index contributed by atoms with van der Waals surface area (Å²) in [7, 11) is 1.55. The first-order chi connectivity index (χ1) is 9.15. The van der Waals surface area contributed by atoms with Gasteiger partial charge >= 0.3 is 0 Å². The van der Waals surface area contributed by atoms with Crippen molar-refractivity contribution in [1.29, 1.82) is 0 Å². The van der Waals surface area contributed by atoms with E-state index in [1.165, 1.54) is 33.4 Å². The van der Waals surface area contributed by atoms with E-state index in [1.807, 2.05) is 11.4 Å². The molecule has 0 aliphatic rings. The Labute approximate surface area is 116 Å². The highest BCUT2D eigenvalue weighted by atomic mass is 32.1. The molecule has 0 unspecified atom stereocenters. The van der Waals surface area contributed by atoms with Crippen LogP contribution in [0.2, 0.25) is 0 Å². The third kappa shape index (κ3) is 2.24. The quantitative estimate of drug-likeness (QED) is 0.692. The number of rotatable bonds is 3. The average molecular weight is 292 g/mol. The number of halogens is 1. The molecule has 3 rings (SSSR count). The second kappa shape index (κ2) is 4.71. The first-order valence-electron chi connectivity index (χ1n) is 5.53. The fourth-order valence-corrected chi connectivity index (χ4v) is 3.35. The van der Waals surface area contributed by atoms with Gasteiger partial charge in [-0.1, -0.05) is 6.07 Å². The van der Waals surface area contributed by atoms with Crippen LogP contribution in [0.15, 0.2) is 35.7 Å². The minimum atomic E-state index is -0.394. The maximum atomic E-state index is 13.3. The Morgan fingerprint density at radius 2 is 2.16 bits per heavy atom. The lowest BCUT2D eigenvalue weighted by molar-refractivity contribution is 0.104. The van der Waals surface area contributed by atoms with Gasteiger partial charge in [-0.2, -0.15) is 9.49 Å². The minimum absolute atomic E-state index is 0.00246. The van der Waals surface area contributed by atoms with Gasteiger partial charge in [-0.3, -0.25) is 4.79 Å². The zero-order valence-electron chi connectivity index (χ0n) is 9.96. The van der Waals surface area contributed by atoms with Crippen molar-refractivity contribution in [2.75, 3.05) is 0 Å². The molecule has 0 saturated heterocycles. The molecule has 3 aromatic rings. The zero-order valence-corrected chi connectivity index (χ0v) is 11.6. The van der Waals surface area contributed by atoms with E-state index in [4.69, 9.17) is 0 Å². The SMILES string of the molecule is Cn1nc(-c2ccc(C(=O)c3cccs3)s2)cc1F. The lowest BCUT2D eigenvalue weighted by Gasteiger charge is -1.92. The van der Waals surface area contributed by atoms with E-state index in [1.54, 1.807) is 25.2 Å². The second-order valence-corrected chi connectivity index (χ2v) is 5.98. The van der Waals surface area contributed by atoms with Crippen LogP contribution in [0.25, 0.3) is 10.6 Å². The van der Waals surface area contributed by atoms with E-state index in [-0.39, 0.29) is 5.78 Å². The number of aromatic nitrogens is 2. The Morgan fingerprint density at radius 3 is 2.79 bits per heavy atom. The lowest BCUT2D eigenvalue weighted by atomic mass is 10.2. The van der Waals surface area contributed by atoms with E-state index in [0.29, 0.717) is 15.4 Å². The smallest absolute Gasteiger partial charge is 0.212 e. The van der Waals surface area contributed by atoms with Crippen molar-refractivity contribution in [3.05, 3.63) is 51.4 Å². The predicted molar refractivity (Wildman–Crippen MR) is 74.2 cm³/mol. The van der Waals surface area contributed by atoms with Gasteiger partial charge in [0.1, 0.15) is 5.69 Å². The number of carbonyl (C=O) groups is 1. The predicted octanol–water partition coefficient (Wildman–Crippen LogP) is 3.58. The number of nitrogens with zero attached hydrogens (tertiary/aromatic N) is 2. The third-order valence-electron chi connectivity index (χ3n) is 2.65. The van der Waals surface area contributed by atoms with Gasteiger partial charge in [-0.05, 0) is 23.6 Å². The van der Waals surface area contributed by atoms with Crippen molar-refractivity contribution in [3.63, 3.8) is 0 Å². The molecule has 0 spiro atoms. The van der Waals surface area contributed by atoms with Crippen molar-refractivity contribution < 1.29 is 9.18 Å². The van der Waals surface area contributed by atoms with Crippen LogP contribution in [-0.2, 0) is 7.05 Å². The zero-order chi connectivity index (χ0) is 13.4. The Morgan fingerprint density at radius 1 is 1.32 bits per heavy atom. The summed E-state index contributed by atoms with van der Waals surface area (Å²) in [6, 6.07) is 8.57. The summed E-state index contributed by atoms with van der Waals surface area (Å²) in [4.78, 5) is 14.3. The van der Waals surface area contributed by atoms with E-state index >= 15 is 0 Å². The largest absolute Gasteiger partial charge is 0.287 e. The van der Waals surface area contributed by atoms with Crippen LogP contribution in [0.3, 0.4) is 0 Å². The fraction of sp³-hybridized carbons (Fsp3) is 0.0769. The van der Waals surface area contributed by atoms with Gasteiger partial charge in [0, 0.05) is 13.1 Å². The summed E-state index contributed by atoms with van der Waals surface area (Å²) in [5.74, 6) is -0.391. The maximum Gasteiger partial charge on any atom is 0.212 e. The molecule has 0 bridgehead atoms. The van der Waals surface area contributed by atoms with Gasteiger partial charge < -0.3 is 0 Å². The number of aryl methyl sites for hydroxylation is 1. The molecular weight excluding hydrogens is 283 g/mol. The summed E-state index contributed by atoms with van der Waals surface area (Å²) in [6.07, 6.45) is 0. The molecule has 96 valence electrons. The van der Waals surface area contributed by atoms with Crippen molar-refractivity contribution in [2.45, 2.75) is 0 Å². The van der Waals surface area contributed by atoms with E-state index in [0.717, 1.165) is 4.88 Å². The third-order valence-corrected chi connectivity index (χ3v) is 4.63. The van der Waals surface area contributed by atoms with Crippen LogP contribution in [0, 0.1) is 5.95 Å². The van der Waals surface area contributed by atoms with Crippen LogP contribution >= 0.6 is 22.7 Å². The Bertz CT molecular complexity index is 708. The van der Waals surface area contributed by atoms with Crippen LogP contribution < -0.4 is 0 Å². The molecule has 0 aliphatic heterocycles. The van der Waals surface area contributed by atoms with Gasteiger partial charge in [0.2, 0.25) is 11.7 Å². The summed E-state index contributed by atoms with van der Waals surface area (Å²) < 4.78 is 14.4. The van der Waals surface area contributed by atoms with Crippen LogP contribution in [0.1, 0.15) is 14.5 Å². The fourth-order valence-electron chi connectivity index (χ4n) is 1.69. The standard InChI is InChI=1S/C13H9FN2OS2/c1-16-12(14)7-8(15-16)9-4-5-11(19-9)13(17)10-3-2-6-18-10/h2-7H,1H3. The van der Waals surface area contributed by atoms with Gasteiger partial charge in [-0.15, -0.1) is 22.7 Å². The van der Waals surface area contributed by atoms with Crippen molar-refractivity contribution in [2.24, 2.45) is 7.05 Å². The molecule has 0 atom stereocenters. The number of thiophene rings is 2. The van der Waals surface area contributed by atoms with E-state index in [2.05, 4.69) is 5.10 Å². The molecule has 6 heteroatoms. The molecule has 0 fully saturated rings. The van der Waals surface area contributed by atoms with Crippen molar-refractivity contribution >= 4 is 28.5 Å². The molecule has 0 aliphatic carbocycles. The lowest BCUT2D eigenvalue weighted by Crippen LogP contribution is -1.93. The Hall–Kier alpha value is -1.79. The highest BCUT2D eigenvalue weighted by Crippen LogP contribution is 2.29. The monoisotopic (exact) mass is 292 g/mol. The first kappa shape index (κ1) is 12.3. The number of carbonyl (C=O) groups excluding carboxylic acids is 1. The summed E-state index contributed by atoms with van der Waals surface area (Å²) >= 11 is 2.74. The molecular formula is C13H9FN2OS2. The topological polar surface area (TPSA) is 34.9 Å². The summed E-state index contributed by atoms with van der Waals surface area (Å²) in [5.41, 5.74) is 0.551. The Balaban J connectivity index is 1.93. The molecule has 0 radical (unpaired) electrons. The maximum absolute atomic E-state index is 13.3. The molecule has 3 aromatic heterocycles. The summed E-state index contributed by atoms with van der Waals surface area (Å²) in [5, 5.41) is 5.93. The average Bonchev–Trinajstić information content (AvgIpc) is 3.10. The molecule has 0 aromatic carbocycles. The van der Waals surface area contributed by atoms with Crippen LogP contribution in [0.4, 0.5) is 4.39 Å².